The van der Waals surface area contributed by atoms with Crippen LogP contribution in [0.3, 0.4) is 0 Å². The number of carbonyl (C=O) groups is 1. The fraction of sp³-hybridized carbons (Fsp3) is 0.958. The first-order valence-corrected chi connectivity index (χ1v) is 13.4. The second kappa shape index (κ2) is 11.3. The summed E-state index contributed by atoms with van der Waals surface area (Å²) in [5, 5.41) is 10.7. The van der Waals surface area contributed by atoms with Gasteiger partial charge in [0, 0.05) is 45.1 Å². The van der Waals surface area contributed by atoms with Gasteiger partial charge < -0.3 is 15.4 Å². The highest BCUT2D eigenvalue weighted by atomic mass is 16.7. The summed E-state index contributed by atoms with van der Waals surface area (Å²) in [5.74, 6) is 1.39. The van der Waals surface area contributed by atoms with Crippen molar-refractivity contribution in [3.05, 3.63) is 0 Å². The average Bonchev–Trinajstić information content (AvgIpc) is 3.50. The highest BCUT2D eigenvalue weighted by Gasteiger charge is 2.41. The highest BCUT2D eigenvalue weighted by molar-refractivity contribution is 5.73. The zero-order chi connectivity index (χ0) is 22.6. The monoisotopic (exact) mass is 464 g/mol. The van der Waals surface area contributed by atoms with Crippen molar-refractivity contribution in [3.8, 4) is 0 Å². The number of hydrogen-bond acceptors (Lipinski definition) is 8. The molecule has 4 heterocycles. The SMILES string of the molecule is CC(=O)NC1CCC(CN2CCC[C@H]2C2NC(C3CCC(N4CCOCC4)NC3)NO2)CC1. The molecule has 4 N–H and O–H groups in total. The van der Waals surface area contributed by atoms with Crippen LogP contribution in [-0.4, -0.2) is 92.3 Å². The minimum Gasteiger partial charge on any atom is -0.379 e. The molecule has 4 saturated heterocycles. The first kappa shape index (κ1) is 23.9. The third kappa shape index (κ3) is 6.07. The van der Waals surface area contributed by atoms with Crippen LogP contribution in [0.1, 0.15) is 58.3 Å². The molecular weight excluding hydrogens is 420 g/mol. The van der Waals surface area contributed by atoms with Crippen LogP contribution in [0, 0.1) is 11.8 Å². The summed E-state index contributed by atoms with van der Waals surface area (Å²) in [6.07, 6.45) is 10.3. The van der Waals surface area contributed by atoms with Gasteiger partial charge in [0.05, 0.1) is 31.6 Å². The Morgan fingerprint density at radius 2 is 1.85 bits per heavy atom. The van der Waals surface area contributed by atoms with Gasteiger partial charge in [0.25, 0.3) is 0 Å². The van der Waals surface area contributed by atoms with Crippen molar-refractivity contribution in [1.29, 1.82) is 0 Å². The van der Waals surface area contributed by atoms with E-state index in [1.54, 1.807) is 6.92 Å². The van der Waals surface area contributed by atoms with E-state index in [9.17, 15) is 4.79 Å². The first-order chi connectivity index (χ1) is 16.2. The summed E-state index contributed by atoms with van der Waals surface area (Å²) in [6, 6.07) is 0.832. The number of rotatable bonds is 6. The molecule has 0 spiro atoms. The lowest BCUT2D eigenvalue weighted by atomic mass is 9.85. The number of likely N-dealkylation sites (tertiary alicyclic amines) is 1. The minimum absolute atomic E-state index is 0.0742. The fourth-order valence-corrected chi connectivity index (χ4v) is 6.69. The summed E-state index contributed by atoms with van der Waals surface area (Å²) in [6.45, 7) is 8.79. The quantitative estimate of drug-likeness (QED) is 0.454. The summed E-state index contributed by atoms with van der Waals surface area (Å²) in [7, 11) is 0. The molecule has 33 heavy (non-hydrogen) atoms. The highest BCUT2D eigenvalue weighted by Crippen LogP contribution is 2.30. The van der Waals surface area contributed by atoms with Crippen LogP contribution < -0.4 is 21.4 Å². The molecule has 0 aromatic rings. The van der Waals surface area contributed by atoms with Crippen LogP contribution >= 0.6 is 0 Å². The lowest BCUT2D eigenvalue weighted by molar-refractivity contribution is -0.119. The molecule has 9 nitrogen and oxygen atoms in total. The van der Waals surface area contributed by atoms with E-state index in [1.807, 2.05) is 0 Å². The Kier molecular flexibility index (Phi) is 8.18. The third-order valence-corrected chi connectivity index (χ3v) is 8.56. The molecule has 9 heteroatoms. The Labute approximate surface area is 198 Å². The maximum absolute atomic E-state index is 11.3. The smallest absolute Gasteiger partial charge is 0.217 e. The number of hydrogen-bond donors (Lipinski definition) is 4. The summed E-state index contributed by atoms with van der Waals surface area (Å²) >= 11 is 0. The van der Waals surface area contributed by atoms with E-state index in [1.165, 1.54) is 45.1 Å². The molecule has 5 rings (SSSR count). The van der Waals surface area contributed by atoms with Gasteiger partial charge in [-0.3, -0.25) is 24.7 Å². The van der Waals surface area contributed by atoms with Gasteiger partial charge in [-0.05, 0) is 63.8 Å². The predicted octanol–water partition coefficient (Wildman–Crippen LogP) is 0.580. The Morgan fingerprint density at radius 1 is 1.03 bits per heavy atom. The zero-order valence-electron chi connectivity index (χ0n) is 20.3. The lowest BCUT2D eigenvalue weighted by Gasteiger charge is -2.40. The normalized spacial score (nSPS) is 41.3. The van der Waals surface area contributed by atoms with Crippen molar-refractivity contribution < 1.29 is 14.4 Å². The second-order valence-electron chi connectivity index (χ2n) is 10.8. The molecule has 0 aromatic heterocycles. The molecule has 5 atom stereocenters. The molecule has 1 amide bonds. The van der Waals surface area contributed by atoms with E-state index in [0.717, 1.165) is 58.2 Å². The molecule has 4 aliphatic heterocycles. The van der Waals surface area contributed by atoms with Crippen LogP contribution in [0.4, 0.5) is 0 Å². The van der Waals surface area contributed by atoms with Gasteiger partial charge in [0.1, 0.15) is 6.23 Å². The number of amides is 1. The van der Waals surface area contributed by atoms with Crippen molar-refractivity contribution in [2.45, 2.75) is 88.9 Å². The van der Waals surface area contributed by atoms with Crippen molar-refractivity contribution in [2.24, 2.45) is 11.8 Å². The van der Waals surface area contributed by atoms with E-state index in [-0.39, 0.29) is 18.3 Å². The maximum Gasteiger partial charge on any atom is 0.217 e. The van der Waals surface area contributed by atoms with Crippen molar-refractivity contribution in [1.82, 2.24) is 31.2 Å². The molecule has 0 bridgehead atoms. The lowest BCUT2D eigenvalue weighted by Crippen LogP contribution is -2.57. The van der Waals surface area contributed by atoms with Crippen molar-refractivity contribution >= 4 is 5.91 Å². The molecule has 0 aromatic carbocycles. The molecule has 4 unspecified atom stereocenters. The number of piperidine rings is 1. The second-order valence-corrected chi connectivity index (χ2v) is 10.8. The van der Waals surface area contributed by atoms with Gasteiger partial charge in [0.15, 0.2) is 0 Å². The van der Waals surface area contributed by atoms with E-state index in [0.29, 0.717) is 24.2 Å². The summed E-state index contributed by atoms with van der Waals surface area (Å²) < 4.78 is 5.50. The molecule has 188 valence electrons. The predicted molar refractivity (Wildman–Crippen MR) is 126 cm³/mol. The third-order valence-electron chi connectivity index (χ3n) is 8.56. The Bertz CT molecular complexity index is 632. The van der Waals surface area contributed by atoms with Crippen LogP contribution in [0.2, 0.25) is 0 Å². The number of hydroxylamine groups is 1. The zero-order valence-corrected chi connectivity index (χ0v) is 20.3. The molecule has 0 radical (unpaired) electrons. The fourth-order valence-electron chi connectivity index (χ4n) is 6.69. The van der Waals surface area contributed by atoms with Gasteiger partial charge in [-0.15, -0.1) is 0 Å². The number of nitrogens with zero attached hydrogens (tertiary/aromatic N) is 2. The minimum atomic E-state index is 0.0742. The van der Waals surface area contributed by atoms with Crippen molar-refractivity contribution in [3.63, 3.8) is 0 Å². The number of nitrogens with one attached hydrogen (secondary N) is 4. The van der Waals surface area contributed by atoms with Crippen LogP contribution in [-0.2, 0) is 14.4 Å². The first-order valence-electron chi connectivity index (χ1n) is 13.4. The topological polar surface area (TPSA) is 90.1 Å². The molecule has 5 fully saturated rings. The maximum atomic E-state index is 11.3. The van der Waals surface area contributed by atoms with E-state index < -0.39 is 0 Å². The average molecular weight is 465 g/mol. The van der Waals surface area contributed by atoms with Crippen molar-refractivity contribution in [2.75, 3.05) is 45.9 Å². The van der Waals surface area contributed by atoms with Gasteiger partial charge in [0.2, 0.25) is 5.91 Å². The van der Waals surface area contributed by atoms with E-state index in [4.69, 9.17) is 9.57 Å². The molecular formula is C24H44N6O3. The van der Waals surface area contributed by atoms with Crippen LogP contribution in [0.5, 0.6) is 0 Å². The van der Waals surface area contributed by atoms with E-state index >= 15 is 0 Å². The Hall–Kier alpha value is -0.810. The standard InChI is InChI=1S/C24H44N6O3/c1-17(31)26-20-7-4-18(5-8-20)16-30-10-2-3-21(30)24-27-23(28-33-24)19-6-9-22(25-15-19)29-11-13-32-14-12-29/h18-25,27-28H,2-16H2,1H3,(H,26,31)/t18?,19?,20?,21-,22?,23?,24?/m0/s1. The van der Waals surface area contributed by atoms with Gasteiger partial charge in [-0.25, -0.2) is 0 Å². The number of morpholine rings is 1. The molecule has 1 aliphatic carbocycles. The Balaban J connectivity index is 1.05. The van der Waals surface area contributed by atoms with Gasteiger partial charge >= 0.3 is 0 Å². The number of ether oxygens (including phenoxy) is 1. The van der Waals surface area contributed by atoms with Gasteiger partial charge in [-0.2, -0.15) is 5.48 Å². The summed E-state index contributed by atoms with van der Waals surface area (Å²) in [4.78, 5) is 22.7. The molecule has 1 saturated carbocycles. The number of carbonyl (C=O) groups excluding carboxylic acids is 1. The molecule has 5 aliphatic rings. The van der Waals surface area contributed by atoms with Gasteiger partial charge in [-0.1, -0.05) is 0 Å². The largest absolute Gasteiger partial charge is 0.379 e. The Morgan fingerprint density at radius 3 is 2.58 bits per heavy atom. The van der Waals surface area contributed by atoms with E-state index in [2.05, 4.69) is 31.2 Å². The van der Waals surface area contributed by atoms with Crippen LogP contribution in [0.15, 0.2) is 0 Å². The van der Waals surface area contributed by atoms with Crippen LogP contribution in [0.25, 0.3) is 0 Å². The summed E-state index contributed by atoms with van der Waals surface area (Å²) in [5.41, 5.74) is 3.34.